The fraction of sp³-hybridized carbons (Fsp3) is 0.588. The fourth-order valence-corrected chi connectivity index (χ4v) is 2.36. The Bertz CT molecular complexity index is 676. The summed E-state index contributed by atoms with van der Waals surface area (Å²) in [5.41, 5.74) is 6.17. The first kappa shape index (κ1) is 23.1. The van der Waals surface area contributed by atoms with Gasteiger partial charge < -0.3 is 31.8 Å². The van der Waals surface area contributed by atoms with E-state index in [1.54, 1.807) is 6.92 Å². The lowest BCUT2D eigenvalue weighted by molar-refractivity contribution is -0.139. The van der Waals surface area contributed by atoms with Crippen LogP contribution in [0.25, 0.3) is 0 Å². The van der Waals surface area contributed by atoms with Crippen molar-refractivity contribution in [3.05, 3.63) is 18.2 Å². The van der Waals surface area contributed by atoms with Crippen LogP contribution in [0.4, 0.5) is 0 Å². The molecule has 7 N–H and O–H groups in total. The molecule has 3 amide bonds. The lowest BCUT2D eigenvalue weighted by Gasteiger charge is -2.26. The molecule has 4 unspecified atom stereocenters. The summed E-state index contributed by atoms with van der Waals surface area (Å²) < 4.78 is 0. The number of nitrogens with one attached hydrogen (secondary N) is 4. The van der Waals surface area contributed by atoms with Crippen LogP contribution in [0.5, 0.6) is 0 Å². The highest BCUT2D eigenvalue weighted by Gasteiger charge is 2.30. The predicted octanol–water partition coefficient (Wildman–Crippen LogP) is -1.48. The SMILES string of the molecule is CCC(C)C(NC(=O)C(Cc1cnc[nH]1)NC(=O)C(C)N)C(=O)NCC(=O)O. The Hall–Kier alpha value is -2.95. The van der Waals surface area contributed by atoms with Crippen LogP contribution in [0.1, 0.15) is 32.9 Å². The molecule has 1 aromatic rings. The zero-order valence-electron chi connectivity index (χ0n) is 16.2. The van der Waals surface area contributed by atoms with E-state index in [-0.39, 0.29) is 12.3 Å². The molecular formula is C17H28N6O5. The van der Waals surface area contributed by atoms with Gasteiger partial charge in [0.1, 0.15) is 18.6 Å². The first-order valence-corrected chi connectivity index (χ1v) is 8.98. The smallest absolute Gasteiger partial charge is 0.322 e. The van der Waals surface area contributed by atoms with Gasteiger partial charge in [0.2, 0.25) is 17.7 Å². The topological polar surface area (TPSA) is 179 Å². The van der Waals surface area contributed by atoms with E-state index < -0.39 is 48.4 Å². The molecule has 0 saturated carbocycles. The molecular weight excluding hydrogens is 368 g/mol. The van der Waals surface area contributed by atoms with Crippen molar-refractivity contribution in [3.8, 4) is 0 Å². The van der Waals surface area contributed by atoms with Gasteiger partial charge in [-0.05, 0) is 12.8 Å². The number of nitrogens with zero attached hydrogens (tertiary/aromatic N) is 1. The quantitative estimate of drug-likeness (QED) is 0.264. The average Bonchev–Trinajstić information content (AvgIpc) is 3.15. The normalized spacial score (nSPS) is 15.0. The zero-order chi connectivity index (χ0) is 21.3. The Labute approximate surface area is 162 Å². The minimum atomic E-state index is -1.19. The molecule has 0 radical (unpaired) electrons. The summed E-state index contributed by atoms with van der Waals surface area (Å²) >= 11 is 0. The van der Waals surface area contributed by atoms with Gasteiger partial charge in [0, 0.05) is 18.3 Å². The maximum Gasteiger partial charge on any atom is 0.322 e. The lowest BCUT2D eigenvalue weighted by atomic mass is 9.97. The van der Waals surface area contributed by atoms with Crippen molar-refractivity contribution in [3.63, 3.8) is 0 Å². The van der Waals surface area contributed by atoms with E-state index in [2.05, 4.69) is 25.9 Å². The van der Waals surface area contributed by atoms with E-state index in [9.17, 15) is 19.2 Å². The van der Waals surface area contributed by atoms with Gasteiger partial charge in [0.15, 0.2) is 0 Å². The second kappa shape index (κ2) is 11.0. The van der Waals surface area contributed by atoms with Crippen molar-refractivity contribution < 1.29 is 24.3 Å². The summed E-state index contributed by atoms with van der Waals surface area (Å²) in [4.78, 5) is 54.5. The maximum atomic E-state index is 12.8. The number of hydrogen-bond acceptors (Lipinski definition) is 6. The molecule has 1 aromatic heterocycles. The molecule has 0 aliphatic carbocycles. The number of hydrogen-bond donors (Lipinski definition) is 6. The third-order valence-corrected chi connectivity index (χ3v) is 4.23. The van der Waals surface area contributed by atoms with Crippen LogP contribution in [-0.4, -0.2) is 63.4 Å². The summed E-state index contributed by atoms with van der Waals surface area (Å²) in [6.45, 7) is 4.53. The third-order valence-electron chi connectivity index (χ3n) is 4.23. The van der Waals surface area contributed by atoms with E-state index in [1.807, 2.05) is 6.92 Å². The number of aromatic nitrogens is 2. The van der Waals surface area contributed by atoms with Gasteiger partial charge in [0.05, 0.1) is 12.4 Å². The number of nitrogens with two attached hydrogens (primary N) is 1. The molecule has 28 heavy (non-hydrogen) atoms. The van der Waals surface area contributed by atoms with Gasteiger partial charge in [-0.3, -0.25) is 19.2 Å². The number of carboxylic acid groups (broad SMARTS) is 1. The molecule has 0 saturated heterocycles. The van der Waals surface area contributed by atoms with E-state index in [4.69, 9.17) is 10.8 Å². The van der Waals surface area contributed by atoms with Gasteiger partial charge in [-0.2, -0.15) is 0 Å². The molecule has 0 aliphatic rings. The molecule has 11 nitrogen and oxygen atoms in total. The molecule has 0 aromatic carbocycles. The first-order chi connectivity index (χ1) is 13.1. The monoisotopic (exact) mass is 396 g/mol. The third kappa shape index (κ3) is 7.35. The zero-order valence-corrected chi connectivity index (χ0v) is 16.2. The minimum absolute atomic E-state index is 0.119. The van der Waals surface area contributed by atoms with Gasteiger partial charge in [0.25, 0.3) is 0 Å². The van der Waals surface area contributed by atoms with E-state index in [0.29, 0.717) is 12.1 Å². The van der Waals surface area contributed by atoms with E-state index in [1.165, 1.54) is 19.4 Å². The Morgan fingerprint density at radius 2 is 1.86 bits per heavy atom. The van der Waals surface area contributed by atoms with Gasteiger partial charge in [-0.15, -0.1) is 0 Å². The van der Waals surface area contributed by atoms with Crippen LogP contribution in [0.15, 0.2) is 12.5 Å². The van der Waals surface area contributed by atoms with Gasteiger partial charge >= 0.3 is 5.97 Å². The van der Waals surface area contributed by atoms with Crippen molar-refractivity contribution in [1.82, 2.24) is 25.9 Å². The van der Waals surface area contributed by atoms with Crippen LogP contribution in [0.2, 0.25) is 0 Å². The molecule has 11 heteroatoms. The highest BCUT2D eigenvalue weighted by molar-refractivity contribution is 5.93. The van der Waals surface area contributed by atoms with E-state index in [0.717, 1.165) is 0 Å². The van der Waals surface area contributed by atoms with E-state index >= 15 is 0 Å². The van der Waals surface area contributed by atoms with Crippen molar-refractivity contribution in [2.24, 2.45) is 11.7 Å². The molecule has 4 atom stereocenters. The van der Waals surface area contributed by atoms with Gasteiger partial charge in [-0.1, -0.05) is 20.3 Å². The predicted molar refractivity (Wildman–Crippen MR) is 99.9 cm³/mol. The molecule has 1 heterocycles. The minimum Gasteiger partial charge on any atom is -0.480 e. The van der Waals surface area contributed by atoms with Crippen molar-refractivity contribution in [1.29, 1.82) is 0 Å². The highest BCUT2D eigenvalue weighted by Crippen LogP contribution is 2.09. The summed E-state index contributed by atoms with van der Waals surface area (Å²) in [5, 5.41) is 16.2. The summed E-state index contributed by atoms with van der Waals surface area (Å²) in [7, 11) is 0. The number of amides is 3. The maximum absolute atomic E-state index is 12.8. The van der Waals surface area contributed by atoms with Crippen molar-refractivity contribution in [2.45, 2.75) is 51.7 Å². The number of aromatic amines is 1. The largest absolute Gasteiger partial charge is 0.480 e. The summed E-state index contributed by atoms with van der Waals surface area (Å²) in [5.74, 6) is -3.16. The number of rotatable bonds is 11. The van der Waals surface area contributed by atoms with Crippen LogP contribution < -0.4 is 21.7 Å². The molecule has 1 rings (SSSR count). The molecule has 0 spiro atoms. The second-order valence-corrected chi connectivity index (χ2v) is 6.61. The first-order valence-electron chi connectivity index (χ1n) is 8.98. The number of carbonyl (C=O) groups is 4. The number of carboxylic acids is 1. The Balaban J connectivity index is 2.94. The number of aliphatic carboxylic acids is 1. The standard InChI is InChI=1S/C17H28N6O5/c1-4-9(2)14(17(28)20-7-13(24)25)23-16(27)12(22-15(26)10(3)18)5-11-6-19-8-21-11/h6,8-10,12,14H,4-5,7,18H2,1-3H3,(H,19,21)(H,20,28)(H,22,26)(H,23,27)(H,24,25). The molecule has 0 aliphatic heterocycles. The molecule has 0 bridgehead atoms. The second-order valence-electron chi connectivity index (χ2n) is 6.61. The molecule has 156 valence electrons. The van der Waals surface area contributed by atoms with Crippen molar-refractivity contribution >= 4 is 23.7 Å². The Kier molecular flexibility index (Phi) is 9.09. The van der Waals surface area contributed by atoms with Crippen LogP contribution in [-0.2, 0) is 25.6 Å². The Morgan fingerprint density at radius 3 is 2.36 bits per heavy atom. The number of H-pyrrole nitrogens is 1. The van der Waals surface area contributed by atoms with Crippen LogP contribution >= 0.6 is 0 Å². The number of imidazole rings is 1. The Morgan fingerprint density at radius 1 is 1.18 bits per heavy atom. The van der Waals surface area contributed by atoms with Crippen molar-refractivity contribution in [2.75, 3.05) is 6.54 Å². The number of carbonyl (C=O) groups excluding carboxylic acids is 3. The lowest BCUT2D eigenvalue weighted by Crippen LogP contribution is -2.57. The van der Waals surface area contributed by atoms with Crippen LogP contribution in [0, 0.1) is 5.92 Å². The fourth-order valence-electron chi connectivity index (χ4n) is 2.36. The molecule has 0 fully saturated rings. The van der Waals surface area contributed by atoms with Crippen LogP contribution in [0.3, 0.4) is 0 Å². The van der Waals surface area contributed by atoms with Gasteiger partial charge in [-0.25, -0.2) is 4.98 Å². The average molecular weight is 396 g/mol. The summed E-state index contributed by atoms with van der Waals surface area (Å²) in [6, 6.07) is -2.76. The summed E-state index contributed by atoms with van der Waals surface area (Å²) in [6.07, 6.45) is 3.65. The highest BCUT2D eigenvalue weighted by atomic mass is 16.4.